The molecule has 0 aliphatic carbocycles. The van der Waals surface area contributed by atoms with Gasteiger partial charge < -0.3 is 5.73 Å². The molecule has 0 fully saturated rings. The van der Waals surface area contributed by atoms with Gasteiger partial charge in [0.2, 0.25) is 5.95 Å². The highest BCUT2D eigenvalue weighted by atomic mass is 32.1. The van der Waals surface area contributed by atoms with Crippen molar-refractivity contribution in [1.82, 2.24) is 9.36 Å². The third-order valence-corrected chi connectivity index (χ3v) is 4.51. The molecule has 3 nitrogen and oxygen atoms in total. The van der Waals surface area contributed by atoms with Crippen LogP contribution in [0.3, 0.4) is 0 Å². The van der Waals surface area contributed by atoms with E-state index in [1.165, 1.54) is 75.7 Å². The zero-order chi connectivity index (χ0) is 13.9. The quantitative estimate of drug-likeness (QED) is 0.572. The normalized spacial score (nSPS) is 11.3. The molecule has 4 heteroatoms. The Kier molecular flexibility index (Phi) is 8.80. The van der Waals surface area contributed by atoms with Gasteiger partial charge in [-0.2, -0.15) is 4.37 Å². The zero-order valence-corrected chi connectivity index (χ0v) is 13.3. The van der Waals surface area contributed by atoms with Gasteiger partial charge >= 0.3 is 0 Å². The maximum Gasteiger partial charge on any atom is 0.232 e. The van der Waals surface area contributed by atoms with E-state index < -0.39 is 0 Å². The molecule has 0 atom stereocenters. The van der Waals surface area contributed by atoms with Crippen molar-refractivity contribution in [3.05, 3.63) is 5.01 Å². The lowest BCUT2D eigenvalue weighted by molar-refractivity contribution is 0.495. The summed E-state index contributed by atoms with van der Waals surface area (Å²) in [6.45, 7) is 4.52. The molecule has 0 saturated heterocycles. The Morgan fingerprint density at radius 1 is 0.947 bits per heavy atom. The van der Waals surface area contributed by atoms with E-state index in [0.29, 0.717) is 11.9 Å². The third kappa shape index (κ3) is 6.90. The van der Waals surface area contributed by atoms with Crippen LogP contribution in [0, 0.1) is 0 Å². The zero-order valence-electron chi connectivity index (χ0n) is 12.5. The maximum absolute atomic E-state index is 5.66. The summed E-state index contributed by atoms with van der Waals surface area (Å²) in [5.74, 6) is 1.04. The summed E-state index contributed by atoms with van der Waals surface area (Å²) in [5, 5.41) is 1.16. The first-order chi connectivity index (χ1) is 9.27. The van der Waals surface area contributed by atoms with Crippen molar-refractivity contribution in [1.29, 1.82) is 0 Å². The molecule has 1 aromatic rings. The molecule has 110 valence electrons. The van der Waals surface area contributed by atoms with Crippen LogP contribution in [-0.2, 0) is 0 Å². The molecule has 0 spiro atoms. The largest absolute Gasteiger partial charge is 0.367 e. The van der Waals surface area contributed by atoms with Gasteiger partial charge in [0.15, 0.2) is 0 Å². The molecular weight excluding hydrogens is 254 g/mol. The summed E-state index contributed by atoms with van der Waals surface area (Å²) in [6.07, 6.45) is 13.1. The highest BCUT2D eigenvalue weighted by molar-refractivity contribution is 7.05. The predicted octanol–water partition coefficient (Wildman–Crippen LogP) is 5.14. The van der Waals surface area contributed by atoms with Gasteiger partial charge in [0, 0.05) is 5.92 Å². The summed E-state index contributed by atoms with van der Waals surface area (Å²) < 4.78 is 4.13. The number of nitrogens with zero attached hydrogens (tertiary/aromatic N) is 2. The van der Waals surface area contributed by atoms with Crippen LogP contribution in [0.5, 0.6) is 0 Å². The minimum Gasteiger partial charge on any atom is -0.367 e. The van der Waals surface area contributed by atoms with Crippen molar-refractivity contribution in [2.45, 2.75) is 84.0 Å². The van der Waals surface area contributed by atoms with Crippen LogP contribution in [0.15, 0.2) is 0 Å². The van der Waals surface area contributed by atoms with Gasteiger partial charge in [-0.25, -0.2) is 4.98 Å². The number of nitrogen functional groups attached to an aromatic ring is 1. The molecule has 1 rings (SSSR count). The summed E-state index contributed by atoms with van der Waals surface area (Å²) in [4.78, 5) is 4.39. The minimum atomic E-state index is 0.451. The SMILES string of the molecule is CCCCCCC(CCCCCC)c1nc(N)ns1. The van der Waals surface area contributed by atoms with E-state index in [1.807, 2.05) is 0 Å². The second kappa shape index (κ2) is 10.2. The summed E-state index contributed by atoms with van der Waals surface area (Å²) in [5.41, 5.74) is 5.66. The van der Waals surface area contributed by atoms with Gasteiger partial charge in [0.25, 0.3) is 0 Å². The number of aromatic nitrogens is 2. The van der Waals surface area contributed by atoms with E-state index in [-0.39, 0.29) is 0 Å². The van der Waals surface area contributed by atoms with Crippen molar-refractivity contribution < 1.29 is 0 Å². The second-order valence-corrected chi connectivity index (χ2v) is 6.17. The van der Waals surface area contributed by atoms with Crippen molar-refractivity contribution in [2.24, 2.45) is 0 Å². The monoisotopic (exact) mass is 283 g/mol. The van der Waals surface area contributed by atoms with Gasteiger partial charge in [0.05, 0.1) is 0 Å². The van der Waals surface area contributed by atoms with E-state index in [4.69, 9.17) is 5.73 Å². The molecule has 1 aromatic heterocycles. The van der Waals surface area contributed by atoms with E-state index in [9.17, 15) is 0 Å². The van der Waals surface area contributed by atoms with Crippen LogP contribution in [0.4, 0.5) is 5.95 Å². The Balaban J connectivity index is 2.38. The average Bonchev–Trinajstić information content (AvgIpc) is 2.83. The lowest BCUT2D eigenvalue weighted by atomic mass is 9.95. The highest BCUT2D eigenvalue weighted by Crippen LogP contribution is 2.30. The first-order valence-electron chi connectivity index (χ1n) is 7.87. The van der Waals surface area contributed by atoms with E-state index >= 15 is 0 Å². The Bertz CT molecular complexity index is 313. The van der Waals surface area contributed by atoms with Gasteiger partial charge in [0.1, 0.15) is 5.01 Å². The number of anilines is 1. The number of hydrogen-bond donors (Lipinski definition) is 1. The Morgan fingerprint density at radius 2 is 1.53 bits per heavy atom. The maximum atomic E-state index is 5.66. The summed E-state index contributed by atoms with van der Waals surface area (Å²) >= 11 is 1.50. The molecule has 0 bridgehead atoms. The number of hydrogen-bond acceptors (Lipinski definition) is 4. The van der Waals surface area contributed by atoms with Crippen molar-refractivity contribution in [3.63, 3.8) is 0 Å². The minimum absolute atomic E-state index is 0.451. The lowest BCUT2D eigenvalue weighted by Gasteiger charge is -2.13. The summed E-state index contributed by atoms with van der Waals surface area (Å²) in [7, 11) is 0. The van der Waals surface area contributed by atoms with Gasteiger partial charge in [-0.1, -0.05) is 65.2 Å². The van der Waals surface area contributed by atoms with Crippen molar-refractivity contribution >= 4 is 17.5 Å². The molecule has 0 radical (unpaired) electrons. The fraction of sp³-hybridized carbons (Fsp3) is 0.867. The highest BCUT2D eigenvalue weighted by Gasteiger charge is 2.15. The molecule has 2 N–H and O–H groups in total. The smallest absolute Gasteiger partial charge is 0.232 e. The Morgan fingerprint density at radius 3 is 1.95 bits per heavy atom. The molecule has 0 unspecified atom stereocenters. The Labute approximate surface area is 122 Å². The fourth-order valence-electron chi connectivity index (χ4n) is 2.44. The number of unbranched alkanes of at least 4 members (excludes halogenated alkanes) is 6. The van der Waals surface area contributed by atoms with Crippen LogP contribution >= 0.6 is 11.5 Å². The molecule has 0 aromatic carbocycles. The van der Waals surface area contributed by atoms with Gasteiger partial charge in [-0.05, 0) is 24.4 Å². The molecule has 0 amide bonds. The first-order valence-corrected chi connectivity index (χ1v) is 8.64. The van der Waals surface area contributed by atoms with Gasteiger partial charge in [-0.3, -0.25) is 0 Å². The molecular formula is C15H29N3S. The topological polar surface area (TPSA) is 51.8 Å². The summed E-state index contributed by atoms with van der Waals surface area (Å²) in [6, 6.07) is 0. The van der Waals surface area contributed by atoms with E-state index in [2.05, 4.69) is 23.2 Å². The first kappa shape index (κ1) is 16.4. The molecule has 1 heterocycles. The molecule has 0 aliphatic rings. The standard InChI is InChI=1S/C15H29N3S/c1-3-5-7-9-11-13(12-10-8-6-4-2)14-17-15(16)18-19-14/h13H,3-12H2,1-2H3,(H2,16,18). The predicted molar refractivity (Wildman–Crippen MR) is 84.6 cm³/mol. The van der Waals surface area contributed by atoms with Crippen LogP contribution in [0.1, 0.15) is 89.0 Å². The molecule has 0 saturated carbocycles. The third-order valence-electron chi connectivity index (χ3n) is 3.62. The molecule has 19 heavy (non-hydrogen) atoms. The lowest BCUT2D eigenvalue weighted by Crippen LogP contribution is -2.00. The van der Waals surface area contributed by atoms with Crippen LogP contribution in [0.2, 0.25) is 0 Å². The van der Waals surface area contributed by atoms with E-state index in [0.717, 1.165) is 5.01 Å². The Hall–Kier alpha value is -0.640. The number of nitrogens with two attached hydrogens (primary N) is 1. The van der Waals surface area contributed by atoms with Crippen molar-refractivity contribution in [2.75, 3.05) is 5.73 Å². The van der Waals surface area contributed by atoms with Crippen molar-refractivity contribution in [3.8, 4) is 0 Å². The van der Waals surface area contributed by atoms with Crippen LogP contribution < -0.4 is 5.73 Å². The van der Waals surface area contributed by atoms with Crippen LogP contribution in [0.25, 0.3) is 0 Å². The molecule has 0 aliphatic heterocycles. The van der Waals surface area contributed by atoms with Gasteiger partial charge in [-0.15, -0.1) is 0 Å². The number of rotatable bonds is 11. The average molecular weight is 283 g/mol. The van der Waals surface area contributed by atoms with E-state index in [1.54, 1.807) is 0 Å². The van der Waals surface area contributed by atoms with Crippen LogP contribution in [-0.4, -0.2) is 9.36 Å². The second-order valence-electron chi connectivity index (χ2n) is 5.39. The fourth-order valence-corrected chi connectivity index (χ4v) is 3.19.